The summed E-state index contributed by atoms with van der Waals surface area (Å²) in [5, 5.41) is 27.1. The average Bonchev–Trinajstić information content (AvgIpc) is 1.97. The van der Waals surface area contributed by atoms with E-state index in [4.69, 9.17) is 9.84 Å². The molecule has 0 aromatic rings. The van der Waals surface area contributed by atoms with Gasteiger partial charge >= 0.3 is 0 Å². The maximum Gasteiger partial charge on any atom is 0.107 e. The maximum atomic E-state index is 9.21. The van der Waals surface area contributed by atoms with E-state index in [1.54, 1.807) is 6.92 Å². The largest absolute Gasteiger partial charge is 0.394 e. The molecule has 0 spiro atoms. The number of ether oxygens (including phenoxy) is 1. The molecule has 1 aliphatic rings. The highest BCUT2D eigenvalue weighted by atomic mass is 16.5. The van der Waals surface area contributed by atoms with Crippen LogP contribution < -0.4 is 0 Å². The molecule has 1 fully saturated rings. The van der Waals surface area contributed by atoms with Crippen LogP contribution in [0, 0.1) is 0 Å². The monoisotopic (exact) mass is 162 g/mol. The Balaban J connectivity index is 2.48. The van der Waals surface area contributed by atoms with Gasteiger partial charge in [-0.2, -0.15) is 0 Å². The fourth-order valence-electron chi connectivity index (χ4n) is 1.21. The van der Waals surface area contributed by atoms with Gasteiger partial charge in [0.2, 0.25) is 0 Å². The summed E-state index contributed by atoms with van der Waals surface area (Å²) in [6, 6.07) is 0. The van der Waals surface area contributed by atoms with Crippen LogP contribution in [0.1, 0.15) is 13.3 Å². The van der Waals surface area contributed by atoms with Crippen molar-refractivity contribution in [2.75, 3.05) is 6.61 Å². The fraction of sp³-hybridized carbons (Fsp3) is 1.00. The molecule has 0 amide bonds. The third kappa shape index (κ3) is 1.90. The molecule has 0 saturated carbocycles. The van der Waals surface area contributed by atoms with Crippen LogP contribution in [-0.4, -0.2) is 46.3 Å². The second-order valence-corrected chi connectivity index (χ2v) is 2.93. The van der Waals surface area contributed by atoms with E-state index in [2.05, 4.69) is 0 Å². The number of rotatable bonds is 1. The lowest BCUT2D eigenvalue weighted by Crippen LogP contribution is -2.47. The molecule has 3 N–H and O–H groups in total. The molecule has 3 unspecified atom stereocenters. The van der Waals surface area contributed by atoms with Crippen LogP contribution in [0.25, 0.3) is 0 Å². The lowest BCUT2D eigenvalue weighted by atomic mass is 10.00. The molecule has 0 aromatic heterocycles. The lowest BCUT2D eigenvalue weighted by Gasteiger charge is -2.34. The Hall–Kier alpha value is -0.160. The standard InChI is InChI=1S/C7H14O4/c1-4-5(9)2-6(10)7(3-8)11-4/h4-10H,2-3H2,1H3/t4?,5?,6-,7?/m1/s1. The summed E-state index contributed by atoms with van der Waals surface area (Å²) >= 11 is 0. The van der Waals surface area contributed by atoms with Crippen molar-refractivity contribution in [3.8, 4) is 0 Å². The molecule has 11 heavy (non-hydrogen) atoms. The predicted molar refractivity (Wildman–Crippen MR) is 38.1 cm³/mol. The highest BCUT2D eigenvalue weighted by Crippen LogP contribution is 2.19. The summed E-state index contributed by atoms with van der Waals surface area (Å²) in [6.07, 6.45) is -1.91. The van der Waals surface area contributed by atoms with Gasteiger partial charge in [-0.3, -0.25) is 0 Å². The first kappa shape index (κ1) is 8.93. The van der Waals surface area contributed by atoms with E-state index >= 15 is 0 Å². The van der Waals surface area contributed by atoms with Crippen LogP contribution in [-0.2, 0) is 4.74 Å². The molecule has 66 valence electrons. The van der Waals surface area contributed by atoms with E-state index in [0.717, 1.165) is 0 Å². The highest BCUT2D eigenvalue weighted by Gasteiger charge is 2.32. The predicted octanol–water partition coefficient (Wildman–Crippen LogP) is -1.12. The van der Waals surface area contributed by atoms with Crippen LogP contribution in [0.3, 0.4) is 0 Å². The van der Waals surface area contributed by atoms with Gasteiger partial charge in [-0.25, -0.2) is 0 Å². The Kier molecular flexibility index (Phi) is 2.84. The van der Waals surface area contributed by atoms with E-state index in [1.165, 1.54) is 0 Å². The first-order valence-corrected chi connectivity index (χ1v) is 3.77. The Bertz CT molecular complexity index is 128. The molecule has 0 aromatic carbocycles. The summed E-state index contributed by atoms with van der Waals surface area (Å²) in [5.41, 5.74) is 0. The van der Waals surface area contributed by atoms with Crippen molar-refractivity contribution in [2.45, 2.75) is 37.8 Å². The number of aliphatic hydroxyl groups is 3. The molecule has 0 radical (unpaired) electrons. The zero-order chi connectivity index (χ0) is 8.43. The number of hydrogen-bond acceptors (Lipinski definition) is 4. The highest BCUT2D eigenvalue weighted by molar-refractivity contribution is 4.81. The average molecular weight is 162 g/mol. The van der Waals surface area contributed by atoms with Crippen molar-refractivity contribution in [3.05, 3.63) is 0 Å². The lowest BCUT2D eigenvalue weighted by molar-refractivity contribution is -0.173. The molecule has 0 bridgehead atoms. The van der Waals surface area contributed by atoms with Gasteiger partial charge in [0.1, 0.15) is 6.10 Å². The first-order valence-electron chi connectivity index (χ1n) is 3.77. The summed E-state index contributed by atoms with van der Waals surface area (Å²) in [7, 11) is 0. The number of aliphatic hydroxyl groups excluding tert-OH is 3. The molecular weight excluding hydrogens is 148 g/mol. The summed E-state index contributed by atoms with van der Waals surface area (Å²) in [4.78, 5) is 0. The van der Waals surface area contributed by atoms with Crippen LogP contribution in [0.5, 0.6) is 0 Å². The molecular formula is C7H14O4. The van der Waals surface area contributed by atoms with Gasteiger partial charge in [0.25, 0.3) is 0 Å². The van der Waals surface area contributed by atoms with E-state index in [-0.39, 0.29) is 19.1 Å². The second kappa shape index (κ2) is 3.49. The fourth-order valence-corrected chi connectivity index (χ4v) is 1.21. The van der Waals surface area contributed by atoms with Crippen molar-refractivity contribution in [1.82, 2.24) is 0 Å². The normalized spacial score (nSPS) is 45.8. The van der Waals surface area contributed by atoms with Crippen molar-refractivity contribution < 1.29 is 20.1 Å². The maximum absolute atomic E-state index is 9.21. The third-order valence-electron chi connectivity index (χ3n) is 2.02. The molecule has 1 aliphatic heterocycles. The molecule has 1 heterocycles. The topological polar surface area (TPSA) is 69.9 Å². The van der Waals surface area contributed by atoms with Crippen molar-refractivity contribution in [1.29, 1.82) is 0 Å². The van der Waals surface area contributed by atoms with Gasteiger partial charge in [0.05, 0.1) is 24.9 Å². The molecule has 0 aliphatic carbocycles. The first-order chi connectivity index (χ1) is 5.15. The van der Waals surface area contributed by atoms with Gasteiger partial charge in [0, 0.05) is 6.42 Å². The Morgan fingerprint density at radius 3 is 2.55 bits per heavy atom. The smallest absolute Gasteiger partial charge is 0.107 e. The molecule has 4 atom stereocenters. The Morgan fingerprint density at radius 1 is 1.36 bits per heavy atom. The molecule has 4 nitrogen and oxygen atoms in total. The summed E-state index contributed by atoms with van der Waals surface area (Å²) in [6.45, 7) is 1.53. The van der Waals surface area contributed by atoms with E-state index in [9.17, 15) is 10.2 Å². The number of hydrogen-bond donors (Lipinski definition) is 3. The Labute approximate surface area is 65.4 Å². The molecule has 1 rings (SSSR count). The SMILES string of the molecule is CC1OC(CO)[C@H](O)CC1O. The summed E-state index contributed by atoms with van der Waals surface area (Å²) in [5.74, 6) is 0. The summed E-state index contributed by atoms with van der Waals surface area (Å²) < 4.78 is 5.11. The molecule has 4 heteroatoms. The van der Waals surface area contributed by atoms with Crippen molar-refractivity contribution in [3.63, 3.8) is 0 Å². The second-order valence-electron chi connectivity index (χ2n) is 2.93. The van der Waals surface area contributed by atoms with Gasteiger partial charge in [-0.1, -0.05) is 0 Å². The van der Waals surface area contributed by atoms with Crippen molar-refractivity contribution >= 4 is 0 Å². The van der Waals surface area contributed by atoms with Crippen LogP contribution in [0.15, 0.2) is 0 Å². The minimum Gasteiger partial charge on any atom is -0.394 e. The van der Waals surface area contributed by atoms with Crippen LogP contribution >= 0.6 is 0 Å². The van der Waals surface area contributed by atoms with Gasteiger partial charge in [-0.05, 0) is 6.92 Å². The van der Waals surface area contributed by atoms with Crippen LogP contribution in [0.2, 0.25) is 0 Å². The van der Waals surface area contributed by atoms with Crippen LogP contribution in [0.4, 0.5) is 0 Å². The zero-order valence-corrected chi connectivity index (χ0v) is 6.47. The Morgan fingerprint density at radius 2 is 2.00 bits per heavy atom. The molecule has 1 saturated heterocycles. The van der Waals surface area contributed by atoms with Gasteiger partial charge in [0.15, 0.2) is 0 Å². The van der Waals surface area contributed by atoms with E-state index in [1.807, 2.05) is 0 Å². The van der Waals surface area contributed by atoms with Gasteiger partial charge < -0.3 is 20.1 Å². The third-order valence-corrected chi connectivity index (χ3v) is 2.02. The van der Waals surface area contributed by atoms with Crippen molar-refractivity contribution in [2.24, 2.45) is 0 Å². The van der Waals surface area contributed by atoms with Gasteiger partial charge in [-0.15, -0.1) is 0 Å². The quantitative estimate of drug-likeness (QED) is 0.456. The minimum absolute atomic E-state index is 0.196. The van der Waals surface area contributed by atoms with E-state index in [0.29, 0.717) is 0 Å². The minimum atomic E-state index is -0.744. The van der Waals surface area contributed by atoms with E-state index < -0.39 is 18.3 Å². The zero-order valence-electron chi connectivity index (χ0n) is 6.47.